The molecule has 2 heterocycles. The number of nitrogens with one attached hydrogen (secondary N) is 2. The van der Waals surface area contributed by atoms with Gasteiger partial charge in [-0.05, 0) is 30.7 Å². The number of carbonyl (C=O) groups excluding carboxylic acids is 1. The van der Waals surface area contributed by atoms with Gasteiger partial charge in [0, 0.05) is 24.7 Å². The zero-order valence-corrected chi connectivity index (χ0v) is 13.5. The molecule has 8 heteroatoms. The zero-order valence-electron chi connectivity index (χ0n) is 13.5. The molecule has 0 radical (unpaired) electrons. The van der Waals surface area contributed by atoms with E-state index in [-0.39, 0.29) is 18.6 Å². The van der Waals surface area contributed by atoms with Crippen LogP contribution in [0.3, 0.4) is 0 Å². The molecule has 8 nitrogen and oxygen atoms in total. The Morgan fingerprint density at radius 3 is 3.04 bits per heavy atom. The number of nitrogens with zero attached hydrogens (tertiary/aromatic N) is 4. The molecule has 3 N–H and O–H groups in total. The molecule has 24 heavy (non-hydrogen) atoms. The molecule has 0 bridgehead atoms. The number of amides is 1. The van der Waals surface area contributed by atoms with Gasteiger partial charge in [0.05, 0.1) is 12.2 Å². The molecule has 1 atom stereocenters. The van der Waals surface area contributed by atoms with Gasteiger partial charge in [0.25, 0.3) is 5.91 Å². The lowest BCUT2D eigenvalue weighted by atomic mass is 10.0. The number of rotatable bonds is 6. The fourth-order valence-electron chi connectivity index (χ4n) is 3.12. The summed E-state index contributed by atoms with van der Waals surface area (Å²) in [6, 6.07) is 7.40. The molecule has 0 unspecified atom stereocenters. The van der Waals surface area contributed by atoms with E-state index in [0.717, 1.165) is 32.4 Å². The molecule has 1 aromatic heterocycles. The Labute approximate surface area is 140 Å². The SMILES string of the molecule is O=C(NCCN1CCCC[C@H]1CO)c1ccccc1-c1nn[nH]n1. The van der Waals surface area contributed by atoms with Crippen molar-refractivity contribution in [1.82, 2.24) is 30.8 Å². The first kappa shape index (κ1) is 16.5. The van der Waals surface area contributed by atoms with Crippen molar-refractivity contribution >= 4 is 5.91 Å². The zero-order chi connectivity index (χ0) is 16.8. The lowest BCUT2D eigenvalue weighted by Gasteiger charge is -2.34. The van der Waals surface area contributed by atoms with Crippen molar-refractivity contribution < 1.29 is 9.90 Å². The standard InChI is InChI=1S/C16H22N6O2/c23-11-12-5-3-4-9-22(12)10-8-17-16(24)14-7-2-1-6-13(14)15-18-20-21-19-15/h1-2,6-7,12,23H,3-5,8-11H2,(H,17,24)(H,18,19,20,21)/t12-/m0/s1. The molecule has 0 aliphatic carbocycles. The van der Waals surface area contributed by atoms with Crippen LogP contribution in [0.15, 0.2) is 24.3 Å². The predicted molar refractivity (Wildman–Crippen MR) is 88.2 cm³/mol. The molecule has 3 rings (SSSR count). The Hall–Kier alpha value is -2.32. The fourth-order valence-corrected chi connectivity index (χ4v) is 3.12. The number of hydrogen-bond donors (Lipinski definition) is 3. The second kappa shape index (κ2) is 7.98. The highest BCUT2D eigenvalue weighted by molar-refractivity contribution is 6.00. The summed E-state index contributed by atoms with van der Waals surface area (Å²) >= 11 is 0. The highest BCUT2D eigenvalue weighted by atomic mass is 16.3. The number of likely N-dealkylation sites (tertiary alicyclic amines) is 1. The van der Waals surface area contributed by atoms with Crippen molar-refractivity contribution in [2.24, 2.45) is 0 Å². The normalized spacial score (nSPS) is 18.5. The van der Waals surface area contributed by atoms with Crippen molar-refractivity contribution in [3.63, 3.8) is 0 Å². The largest absolute Gasteiger partial charge is 0.395 e. The van der Waals surface area contributed by atoms with Crippen LogP contribution in [0.2, 0.25) is 0 Å². The van der Waals surface area contributed by atoms with Crippen LogP contribution < -0.4 is 5.32 Å². The number of aliphatic hydroxyl groups excluding tert-OH is 1. The van der Waals surface area contributed by atoms with Gasteiger partial charge < -0.3 is 10.4 Å². The van der Waals surface area contributed by atoms with Crippen molar-refractivity contribution in [2.45, 2.75) is 25.3 Å². The van der Waals surface area contributed by atoms with Crippen molar-refractivity contribution in [1.29, 1.82) is 0 Å². The van der Waals surface area contributed by atoms with Crippen LogP contribution in [0.1, 0.15) is 29.6 Å². The maximum atomic E-state index is 12.5. The summed E-state index contributed by atoms with van der Waals surface area (Å²) in [6.45, 7) is 2.42. The summed E-state index contributed by atoms with van der Waals surface area (Å²) in [5.74, 6) is 0.241. The first-order chi connectivity index (χ1) is 11.8. The van der Waals surface area contributed by atoms with E-state index in [2.05, 4.69) is 30.8 Å². The number of benzene rings is 1. The van der Waals surface area contributed by atoms with E-state index in [1.54, 1.807) is 12.1 Å². The summed E-state index contributed by atoms with van der Waals surface area (Å²) in [4.78, 5) is 14.7. The summed E-state index contributed by atoms with van der Waals surface area (Å²) in [7, 11) is 0. The van der Waals surface area contributed by atoms with Crippen LogP contribution in [0.5, 0.6) is 0 Å². The minimum absolute atomic E-state index is 0.159. The second-order valence-electron chi connectivity index (χ2n) is 5.91. The first-order valence-electron chi connectivity index (χ1n) is 8.25. The number of aromatic nitrogens is 4. The summed E-state index contributed by atoms with van der Waals surface area (Å²) in [5.41, 5.74) is 1.17. The van der Waals surface area contributed by atoms with E-state index in [0.29, 0.717) is 23.5 Å². The van der Waals surface area contributed by atoms with Gasteiger partial charge in [-0.15, -0.1) is 10.2 Å². The topological polar surface area (TPSA) is 107 Å². The number of hydrogen-bond acceptors (Lipinski definition) is 6. The van der Waals surface area contributed by atoms with Crippen LogP contribution in [-0.4, -0.2) is 68.8 Å². The predicted octanol–water partition coefficient (Wildman–Crippen LogP) is 0.443. The van der Waals surface area contributed by atoms with E-state index >= 15 is 0 Å². The number of aliphatic hydroxyl groups is 1. The highest BCUT2D eigenvalue weighted by Crippen LogP contribution is 2.19. The minimum atomic E-state index is -0.159. The van der Waals surface area contributed by atoms with Crippen molar-refractivity contribution in [3.05, 3.63) is 29.8 Å². The molecule has 0 saturated carbocycles. The quantitative estimate of drug-likeness (QED) is 0.710. The van der Waals surface area contributed by atoms with Crippen LogP contribution in [0, 0.1) is 0 Å². The average Bonchev–Trinajstić information content (AvgIpc) is 3.16. The molecular weight excluding hydrogens is 308 g/mol. The molecule has 1 amide bonds. The molecule has 128 valence electrons. The Bertz CT molecular complexity index is 660. The van der Waals surface area contributed by atoms with Crippen LogP contribution >= 0.6 is 0 Å². The second-order valence-corrected chi connectivity index (χ2v) is 5.91. The Kier molecular flexibility index (Phi) is 5.50. The lowest BCUT2D eigenvalue weighted by Crippen LogP contribution is -2.45. The number of tetrazole rings is 1. The minimum Gasteiger partial charge on any atom is -0.395 e. The first-order valence-corrected chi connectivity index (χ1v) is 8.25. The Balaban J connectivity index is 1.60. The summed E-state index contributed by atoms with van der Waals surface area (Å²) in [5, 5.41) is 26.2. The molecular formula is C16H22N6O2. The third kappa shape index (κ3) is 3.77. The molecule has 1 fully saturated rings. The maximum Gasteiger partial charge on any atom is 0.252 e. The van der Waals surface area contributed by atoms with Crippen LogP contribution in [-0.2, 0) is 0 Å². The Morgan fingerprint density at radius 1 is 1.38 bits per heavy atom. The third-order valence-corrected chi connectivity index (χ3v) is 4.40. The van der Waals surface area contributed by atoms with Gasteiger partial charge >= 0.3 is 0 Å². The molecule has 1 aliphatic rings. The highest BCUT2D eigenvalue weighted by Gasteiger charge is 2.21. The summed E-state index contributed by atoms with van der Waals surface area (Å²) < 4.78 is 0. The third-order valence-electron chi connectivity index (χ3n) is 4.40. The fraction of sp³-hybridized carbons (Fsp3) is 0.500. The molecule has 1 saturated heterocycles. The van der Waals surface area contributed by atoms with Gasteiger partial charge in [-0.1, -0.05) is 24.6 Å². The average molecular weight is 330 g/mol. The molecule has 2 aromatic rings. The lowest BCUT2D eigenvalue weighted by molar-refractivity contribution is 0.0849. The number of carbonyl (C=O) groups is 1. The smallest absolute Gasteiger partial charge is 0.252 e. The summed E-state index contributed by atoms with van der Waals surface area (Å²) in [6.07, 6.45) is 3.32. The van der Waals surface area contributed by atoms with Gasteiger partial charge in [0.1, 0.15) is 0 Å². The van der Waals surface area contributed by atoms with E-state index in [1.165, 1.54) is 0 Å². The van der Waals surface area contributed by atoms with E-state index in [1.807, 2.05) is 12.1 Å². The van der Waals surface area contributed by atoms with Crippen molar-refractivity contribution in [3.8, 4) is 11.4 Å². The van der Waals surface area contributed by atoms with E-state index in [9.17, 15) is 9.90 Å². The molecule has 1 aromatic carbocycles. The van der Waals surface area contributed by atoms with Crippen molar-refractivity contribution in [2.75, 3.05) is 26.2 Å². The van der Waals surface area contributed by atoms with Gasteiger partial charge in [-0.3, -0.25) is 9.69 Å². The molecule has 1 aliphatic heterocycles. The molecule has 0 spiro atoms. The number of H-pyrrole nitrogens is 1. The van der Waals surface area contributed by atoms with Gasteiger partial charge in [0.15, 0.2) is 0 Å². The van der Waals surface area contributed by atoms with Gasteiger partial charge in [-0.25, -0.2) is 0 Å². The van der Waals surface area contributed by atoms with Gasteiger partial charge in [0.2, 0.25) is 5.82 Å². The number of aromatic amines is 1. The van der Waals surface area contributed by atoms with Gasteiger partial charge in [-0.2, -0.15) is 5.21 Å². The number of piperidine rings is 1. The van der Waals surface area contributed by atoms with Crippen LogP contribution in [0.25, 0.3) is 11.4 Å². The van der Waals surface area contributed by atoms with E-state index < -0.39 is 0 Å². The maximum absolute atomic E-state index is 12.5. The van der Waals surface area contributed by atoms with Crippen LogP contribution in [0.4, 0.5) is 0 Å². The Morgan fingerprint density at radius 2 is 2.25 bits per heavy atom. The monoisotopic (exact) mass is 330 g/mol. The van der Waals surface area contributed by atoms with E-state index in [4.69, 9.17) is 0 Å².